The maximum Gasteiger partial charge on any atom is 0.0630 e. The van der Waals surface area contributed by atoms with E-state index < -0.39 is 0 Å². The topological polar surface area (TPSA) is 35.2 Å². The van der Waals surface area contributed by atoms with Gasteiger partial charge >= 0.3 is 0 Å². The Balaban J connectivity index is 1.64. The van der Waals surface area contributed by atoms with E-state index in [1.54, 1.807) is 0 Å². The molecule has 0 heterocycles. The van der Waals surface area contributed by atoms with Crippen molar-refractivity contribution < 1.29 is 4.74 Å². The van der Waals surface area contributed by atoms with E-state index in [0.29, 0.717) is 5.41 Å². The fourth-order valence-electron chi connectivity index (χ4n) is 5.23. The third-order valence-electron chi connectivity index (χ3n) is 6.38. The Morgan fingerprint density at radius 3 is 2.00 bits per heavy atom. The lowest BCUT2D eigenvalue weighted by atomic mass is 9.48. The van der Waals surface area contributed by atoms with Crippen molar-refractivity contribution in [2.45, 2.75) is 77.4 Å². The van der Waals surface area contributed by atoms with Crippen LogP contribution in [0.3, 0.4) is 0 Å². The maximum atomic E-state index is 6.61. The molecule has 0 aromatic carbocycles. The molecule has 4 saturated carbocycles. The molecule has 0 radical (unpaired) electrons. The van der Waals surface area contributed by atoms with Gasteiger partial charge in [0.1, 0.15) is 0 Å². The molecule has 0 spiro atoms. The van der Waals surface area contributed by atoms with Gasteiger partial charge in [-0.3, -0.25) is 0 Å². The van der Waals surface area contributed by atoms with Crippen LogP contribution in [0.4, 0.5) is 0 Å². The van der Waals surface area contributed by atoms with Gasteiger partial charge in [-0.05, 0) is 82.0 Å². The predicted octanol–water partition coefficient (Wildman–Crippen LogP) is 3.74. The molecule has 2 nitrogen and oxygen atoms in total. The predicted molar refractivity (Wildman–Crippen MR) is 78.9 cm³/mol. The summed E-state index contributed by atoms with van der Waals surface area (Å²) in [6, 6.07) is 0.256. The van der Waals surface area contributed by atoms with Crippen LogP contribution in [0.25, 0.3) is 0 Å². The molecule has 4 fully saturated rings. The average molecular weight is 265 g/mol. The fourth-order valence-corrected chi connectivity index (χ4v) is 5.23. The van der Waals surface area contributed by atoms with Crippen molar-refractivity contribution >= 4 is 0 Å². The second-order valence-electron chi connectivity index (χ2n) is 8.31. The van der Waals surface area contributed by atoms with Crippen molar-refractivity contribution in [3.63, 3.8) is 0 Å². The molecule has 0 aromatic heterocycles. The van der Waals surface area contributed by atoms with Crippen molar-refractivity contribution in [2.75, 3.05) is 6.61 Å². The highest BCUT2D eigenvalue weighted by Crippen LogP contribution is 2.61. The van der Waals surface area contributed by atoms with Gasteiger partial charge < -0.3 is 10.5 Å². The third-order valence-corrected chi connectivity index (χ3v) is 6.38. The number of nitrogens with two attached hydrogens (primary N) is 1. The molecule has 2 heteroatoms. The Hall–Kier alpha value is -0.0800. The van der Waals surface area contributed by atoms with Crippen LogP contribution >= 0.6 is 0 Å². The first-order chi connectivity index (χ1) is 8.92. The Morgan fingerprint density at radius 2 is 1.58 bits per heavy atom. The number of ether oxygens (including phenoxy) is 1. The molecule has 110 valence electrons. The highest BCUT2D eigenvalue weighted by molar-refractivity contribution is 5.05. The van der Waals surface area contributed by atoms with E-state index in [-0.39, 0.29) is 11.6 Å². The molecule has 0 saturated heterocycles. The van der Waals surface area contributed by atoms with E-state index in [2.05, 4.69) is 20.8 Å². The van der Waals surface area contributed by atoms with Gasteiger partial charge in [-0.25, -0.2) is 0 Å². The second kappa shape index (κ2) is 4.73. The molecule has 4 aliphatic rings. The summed E-state index contributed by atoms with van der Waals surface area (Å²) in [5, 5.41) is 0. The van der Waals surface area contributed by atoms with Gasteiger partial charge in [0.2, 0.25) is 0 Å². The second-order valence-corrected chi connectivity index (χ2v) is 8.31. The third kappa shape index (κ3) is 2.58. The molecule has 1 atom stereocenters. The zero-order chi connectivity index (χ0) is 13.7. The van der Waals surface area contributed by atoms with Crippen LogP contribution in [-0.2, 0) is 4.74 Å². The molecule has 2 N–H and O–H groups in total. The SMILES string of the molecule is CCC(C)(C)OCC(N)C12CC3CC(CC(C3)C1)C2. The highest BCUT2D eigenvalue weighted by Gasteiger charge is 2.53. The van der Waals surface area contributed by atoms with Gasteiger partial charge in [0, 0.05) is 6.04 Å². The number of rotatable bonds is 5. The molecule has 4 aliphatic carbocycles. The zero-order valence-electron chi connectivity index (χ0n) is 13.0. The fraction of sp³-hybridized carbons (Fsp3) is 1.00. The highest BCUT2D eigenvalue weighted by atomic mass is 16.5. The molecule has 0 amide bonds. The Kier molecular flexibility index (Phi) is 3.46. The van der Waals surface area contributed by atoms with Crippen LogP contribution in [0.1, 0.15) is 65.7 Å². The van der Waals surface area contributed by atoms with Crippen molar-refractivity contribution in [3.05, 3.63) is 0 Å². The molecular formula is C17H31NO. The van der Waals surface area contributed by atoms with Crippen LogP contribution in [0, 0.1) is 23.2 Å². The summed E-state index contributed by atoms with van der Waals surface area (Å²) in [4.78, 5) is 0. The van der Waals surface area contributed by atoms with Gasteiger partial charge in [0.05, 0.1) is 12.2 Å². The first-order valence-corrected chi connectivity index (χ1v) is 8.32. The van der Waals surface area contributed by atoms with Gasteiger partial charge in [0.15, 0.2) is 0 Å². The Morgan fingerprint density at radius 1 is 1.11 bits per heavy atom. The molecule has 19 heavy (non-hydrogen) atoms. The monoisotopic (exact) mass is 265 g/mol. The lowest BCUT2D eigenvalue weighted by Gasteiger charge is -2.59. The lowest BCUT2D eigenvalue weighted by Crippen LogP contribution is -2.56. The summed E-state index contributed by atoms with van der Waals surface area (Å²) in [6.07, 6.45) is 9.69. The van der Waals surface area contributed by atoms with Crippen molar-refractivity contribution in [1.82, 2.24) is 0 Å². The summed E-state index contributed by atoms with van der Waals surface area (Å²) < 4.78 is 6.10. The van der Waals surface area contributed by atoms with Crippen LogP contribution in [-0.4, -0.2) is 18.2 Å². The molecule has 1 unspecified atom stereocenters. The van der Waals surface area contributed by atoms with Crippen LogP contribution in [0.15, 0.2) is 0 Å². The van der Waals surface area contributed by atoms with Gasteiger partial charge in [0.25, 0.3) is 0 Å². The number of hydrogen-bond acceptors (Lipinski definition) is 2. The zero-order valence-corrected chi connectivity index (χ0v) is 13.0. The average Bonchev–Trinajstić information content (AvgIpc) is 2.34. The van der Waals surface area contributed by atoms with Gasteiger partial charge in [-0.15, -0.1) is 0 Å². The van der Waals surface area contributed by atoms with Crippen molar-refractivity contribution in [3.8, 4) is 0 Å². The molecule has 4 bridgehead atoms. The lowest BCUT2D eigenvalue weighted by molar-refractivity contribution is -0.101. The molecular weight excluding hydrogens is 234 g/mol. The van der Waals surface area contributed by atoms with Crippen molar-refractivity contribution in [1.29, 1.82) is 0 Å². The van der Waals surface area contributed by atoms with Crippen LogP contribution in [0.2, 0.25) is 0 Å². The standard InChI is InChI=1S/C17H31NO/c1-4-16(2,3)19-11-15(18)17-8-12-5-13(9-17)7-14(6-12)10-17/h12-15H,4-11,18H2,1-3H3. The molecule has 0 aliphatic heterocycles. The van der Waals surface area contributed by atoms with E-state index in [1.165, 1.54) is 38.5 Å². The Bertz CT molecular complexity index is 301. The first kappa shape index (κ1) is 13.9. The summed E-state index contributed by atoms with van der Waals surface area (Å²) in [5.41, 5.74) is 7.02. The molecule has 4 rings (SSSR count). The van der Waals surface area contributed by atoms with Crippen LogP contribution < -0.4 is 5.73 Å². The van der Waals surface area contributed by atoms with Crippen LogP contribution in [0.5, 0.6) is 0 Å². The minimum absolute atomic E-state index is 0.0140. The normalized spacial score (nSPS) is 42.6. The van der Waals surface area contributed by atoms with E-state index in [0.717, 1.165) is 30.8 Å². The summed E-state index contributed by atoms with van der Waals surface area (Å²) in [5.74, 6) is 2.95. The Labute approximate surface area is 118 Å². The minimum Gasteiger partial charge on any atom is -0.374 e. The van der Waals surface area contributed by atoms with Gasteiger partial charge in [-0.2, -0.15) is 0 Å². The number of hydrogen-bond donors (Lipinski definition) is 1. The summed E-state index contributed by atoms with van der Waals surface area (Å²) in [6.45, 7) is 7.31. The minimum atomic E-state index is -0.0140. The van der Waals surface area contributed by atoms with E-state index in [4.69, 9.17) is 10.5 Å². The smallest absolute Gasteiger partial charge is 0.0630 e. The van der Waals surface area contributed by atoms with E-state index in [9.17, 15) is 0 Å². The quantitative estimate of drug-likeness (QED) is 0.822. The summed E-state index contributed by atoms with van der Waals surface area (Å²) >= 11 is 0. The first-order valence-electron chi connectivity index (χ1n) is 8.32. The van der Waals surface area contributed by atoms with E-state index >= 15 is 0 Å². The van der Waals surface area contributed by atoms with Gasteiger partial charge in [-0.1, -0.05) is 6.92 Å². The summed E-state index contributed by atoms with van der Waals surface area (Å²) in [7, 11) is 0. The molecule has 0 aromatic rings. The maximum absolute atomic E-state index is 6.61. The largest absolute Gasteiger partial charge is 0.374 e. The van der Waals surface area contributed by atoms with E-state index in [1.807, 2.05) is 0 Å². The van der Waals surface area contributed by atoms with Crippen molar-refractivity contribution in [2.24, 2.45) is 28.9 Å².